The van der Waals surface area contributed by atoms with Gasteiger partial charge in [-0.25, -0.2) is 9.78 Å². The van der Waals surface area contributed by atoms with Crippen LogP contribution in [-0.4, -0.2) is 62.2 Å². The number of hydrogen-bond acceptors (Lipinski definition) is 7. The first-order valence-corrected chi connectivity index (χ1v) is 12.3. The van der Waals surface area contributed by atoms with E-state index in [4.69, 9.17) is 9.47 Å². The molecule has 2 aromatic carbocycles. The van der Waals surface area contributed by atoms with Gasteiger partial charge in [-0.3, -0.25) is 10.1 Å². The summed E-state index contributed by atoms with van der Waals surface area (Å²) >= 11 is 1.34. The number of aryl methyl sites for hydroxylation is 1. The molecule has 0 radical (unpaired) electrons. The van der Waals surface area contributed by atoms with E-state index >= 15 is 0 Å². The second kappa shape index (κ2) is 11.6. The minimum absolute atomic E-state index is 0.124. The monoisotopic (exact) mass is 495 g/mol. The smallest absolute Gasteiger partial charge is 0.325 e. The Hall–Kier alpha value is -3.79. The Bertz CT molecular complexity index is 1130. The number of thiazole rings is 1. The Balaban J connectivity index is 1.19. The highest BCUT2D eigenvalue weighted by molar-refractivity contribution is 7.13. The van der Waals surface area contributed by atoms with Crippen LogP contribution in [0.1, 0.15) is 12.1 Å². The number of piperazine rings is 1. The molecule has 2 N–H and O–H groups in total. The average molecular weight is 496 g/mol. The summed E-state index contributed by atoms with van der Waals surface area (Å²) in [7, 11) is 3.25. The SMILES string of the molecule is COc1ccc(NC(=O)Nc2nc(CCC(=O)N3CCN(c4ccc(OC)cc4)CC3)cs2)cc1. The van der Waals surface area contributed by atoms with Gasteiger partial charge in [0.05, 0.1) is 19.9 Å². The van der Waals surface area contributed by atoms with Crippen LogP contribution in [-0.2, 0) is 11.2 Å². The lowest BCUT2D eigenvalue weighted by Crippen LogP contribution is -2.48. The Morgan fingerprint density at radius 2 is 1.54 bits per heavy atom. The van der Waals surface area contributed by atoms with E-state index in [1.807, 2.05) is 34.5 Å². The van der Waals surface area contributed by atoms with Gasteiger partial charge in [0.1, 0.15) is 11.5 Å². The van der Waals surface area contributed by atoms with Crippen molar-refractivity contribution in [3.05, 3.63) is 59.6 Å². The predicted molar refractivity (Wildman–Crippen MR) is 138 cm³/mol. The van der Waals surface area contributed by atoms with E-state index in [9.17, 15) is 9.59 Å². The Morgan fingerprint density at radius 3 is 2.17 bits per heavy atom. The summed E-state index contributed by atoms with van der Waals surface area (Å²) in [5.41, 5.74) is 2.58. The fourth-order valence-corrected chi connectivity index (χ4v) is 4.55. The van der Waals surface area contributed by atoms with E-state index in [1.165, 1.54) is 11.3 Å². The zero-order valence-corrected chi connectivity index (χ0v) is 20.6. The van der Waals surface area contributed by atoms with Crippen LogP contribution in [0.15, 0.2) is 53.9 Å². The highest BCUT2D eigenvalue weighted by Crippen LogP contribution is 2.22. The topological polar surface area (TPSA) is 96.0 Å². The summed E-state index contributed by atoms with van der Waals surface area (Å²) in [5.74, 6) is 1.68. The molecule has 1 aliphatic rings. The van der Waals surface area contributed by atoms with Crippen LogP contribution in [0.25, 0.3) is 0 Å². The standard InChI is InChI=1S/C25H29N5O4S/c1-33-21-8-3-18(4-9-21)26-24(32)28-25-27-19(17-35-25)5-12-23(31)30-15-13-29(14-16-30)20-6-10-22(34-2)11-7-20/h3-4,6-11,17H,5,12-16H2,1-2H3,(H2,26,27,28,32). The van der Waals surface area contributed by atoms with Gasteiger partial charge in [0.2, 0.25) is 5.91 Å². The lowest BCUT2D eigenvalue weighted by molar-refractivity contribution is -0.131. The Kier molecular flexibility index (Phi) is 8.04. The van der Waals surface area contributed by atoms with Gasteiger partial charge in [-0.15, -0.1) is 11.3 Å². The first kappa shape index (κ1) is 24.3. The number of nitrogens with zero attached hydrogens (tertiary/aromatic N) is 3. The van der Waals surface area contributed by atoms with Crippen LogP contribution >= 0.6 is 11.3 Å². The average Bonchev–Trinajstić information content (AvgIpc) is 3.35. The third-order valence-electron chi connectivity index (χ3n) is 5.79. The van der Waals surface area contributed by atoms with Gasteiger partial charge in [0.15, 0.2) is 5.13 Å². The zero-order valence-electron chi connectivity index (χ0n) is 19.8. The van der Waals surface area contributed by atoms with Gasteiger partial charge < -0.3 is 24.6 Å². The molecular formula is C25H29N5O4S. The molecule has 0 atom stereocenters. The minimum atomic E-state index is -0.373. The van der Waals surface area contributed by atoms with Crippen molar-refractivity contribution in [2.75, 3.05) is 55.9 Å². The molecule has 0 saturated carbocycles. The van der Waals surface area contributed by atoms with Crippen LogP contribution in [0.3, 0.4) is 0 Å². The summed E-state index contributed by atoms with van der Waals surface area (Å²) < 4.78 is 10.3. The molecule has 0 spiro atoms. The summed E-state index contributed by atoms with van der Waals surface area (Å²) in [4.78, 5) is 33.6. The first-order chi connectivity index (χ1) is 17.0. The molecule has 3 aromatic rings. The number of benzene rings is 2. The molecular weight excluding hydrogens is 466 g/mol. The number of aromatic nitrogens is 1. The predicted octanol–water partition coefficient (Wildman–Crippen LogP) is 4.09. The number of methoxy groups -OCH3 is 2. The molecule has 10 heteroatoms. The molecule has 3 amide bonds. The lowest BCUT2D eigenvalue weighted by atomic mass is 10.2. The molecule has 2 heterocycles. The molecule has 1 saturated heterocycles. The number of anilines is 3. The third kappa shape index (κ3) is 6.63. The second-order valence-corrected chi connectivity index (χ2v) is 8.88. The maximum atomic E-state index is 12.7. The number of carbonyl (C=O) groups is 2. The maximum Gasteiger partial charge on any atom is 0.325 e. The maximum absolute atomic E-state index is 12.7. The number of carbonyl (C=O) groups excluding carboxylic acids is 2. The van der Waals surface area contributed by atoms with E-state index in [1.54, 1.807) is 38.5 Å². The minimum Gasteiger partial charge on any atom is -0.497 e. The summed E-state index contributed by atoms with van der Waals surface area (Å²) in [6.45, 7) is 2.98. The highest BCUT2D eigenvalue weighted by Gasteiger charge is 2.21. The number of amides is 3. The zero-order chi connectivity index (χ0) is 24.6. The van der Waals surface area contributed by atoms with Crippen LogP contribution in [0.5, 0.6) is 11.5 Å². The molecule has 9 nitrogen and oxygen atoms in total. The second-order valence-electron chi connectivity index (χ2n) is 8.02. The number of ether oxygens (including phenoxy) is 2. The Labute approximate surface area is 208 Å². The van der Waals surface area contributed by atoms with Crippen molar-refractivity contribution in [2.24, 2.45) is 0 Å². The van der Waals surface area contributed by atoms with E-state index in [0.717, 1.165) is 30.2 Å². The van der Waals surface area contributed by atoms with Crippen molar-refractivity contribution in [3.8, 4) is 11.5 Å². The molecule has 0 bridgehead atoms. The van der Waals surface area contributed by atoms with Gasteiger partial charge in [-0.05, 0) is 55.0 Å². The number of hydrogen-bond donors (Lipinski definition) is 2. The molecule has 184 valence electrons. The van der Waals surface area contributed by atoms with Crippen molar-refractivity contribution < 1.29 is 19.1 Å². The van der Waals surface area contributed by atoms with E-state index in [2.05, 4.69) is 20.5 Å². The molecule has 35 heavy (non-hydrogen) atoms. The quantitative estimate of drug-likeness (QED) is 0.489. The molecule has 4 rings (SSSR count). The number of nitrogens with one attached hydrogen (secondary N) is 2. The number of urea groups is 1. The molecule has 1 fully saturated rings. The summed E-state index contributed by atoms with van der Waals surface area (Å²) in [6.07, 6.45) is 0.930. The molecule has 0 unspecified atom stereocenters. The molecule has 1 aliphatic heterocycles. The van der Waals surface area contributed by atoms with Crippen molar-refractivity contribution >= 4 is 39.8 Å². The lowest BCUT2D eigenvalue weighted by Gasteiger charge is -2.36. The summed E-state index contributed by atoms with van der Waals surface area (Å²) in [5, 5.41) is 7.86. The van der Waals surface area contributed by atoms with E-state index < -0.39 is 0 Å². The van der Waals surface area contributed by atoms with Crippen molar-refractivity contribution in [2.45, 2.75) is 12.8 Å². The largest absolute Gasteiger partial charge is 0.497 e. The fraction of sp³-hybridized carbons (Fsp3) is 0.320. The van der Waals surface area contributed by atoms with Crippen LogP contribution < -0.4 is 25.0 Å². The summed E-state index contributed by atoms with van der Waals surface area (Å²) in [6, 6.07) is 14.7. The van der Waals surface area contributed by atoms with Gasteiger partial charge in [0.25, 0.3) is 0 Å². The fourth-order valence-electron chi connectivity index (χ4n) is 3.81. The van der Waals surface area contributed by atoms with Crippen molar-refractivity contribution in [1.82, 2.24) is 9.88 Å². The third-order valence-corrected chi connectivity index (χ3v) is 6.59. The normalized spacial score (nSPS) is 13.3. The highest BCUT2D eigenvalue weighted by atomic mass is 32.1. The van der Waals surface area contributed by atoms with Crippen molar-refractivity contribution in [1.29, 1.82) is 0 Å². The van der Waals surface area contributed by atoms with Gasteiger partial charge in [-0.2, -0.15) is 0 Å². The molecule has 0 aliphatic carbocycles. The van der Waals surface area contributed by atoms with E-state index in [0.29, 0.717) is 42.5 Å². The van der Waals surface area contributed by atoms with Gasteiger partial charge in [-0.1, -0.05) is 0 Å². The molecule has 1 aromatic heterocycles. The van der Waals surface area contributed by atoms with Gasteiger partial charge in [0, 0.05) is 49.4 Å². The van der Waals surface area contributed by atoms with Crippen molar-refractivity contribution in [3.63, 3.8) is 0 Å². The Morgan fingerprint density at radius 1 is 0.914 bits per heavy atom. The van der Waals surface area contributed by atoms with E-state index in [-0.39, 0.29) is 11.9 Å². The van der Waals surface area contributed by atoms with Crippen LogP contribution in [0, 0.1) is 0 Å². The first-order valence-electron chi connectivity index (χ1n) is 11.4. The van der Waals surface area contributed by atoms with Crippen LogP contribution in [0.4, 0.5) is 21.3 Å². The number of rotatable bonds is 8. The van der Waals surface area contributed by atoms with Gasteiger partial charge >= 0.3 is 6.03 Å². The van der Waals surface area contributed by atoms with Crippen LogP contribution in [0.2, 0.25) is 0 Å².